The largest absolute Gasteiger partial charge is 0.493 e. The quantitative estimate of drug-likeness (QED) is 0.909. The van der Waals surface area contributed by atoms with Gasteiger partial charge in [-0.05, 0) is 37.6 Å². The monoisotopic (exact) mass is 278 g/mol. The van der Waals surface area contributed by atoms with Gasteiger partial charge < -0.3 is 19.7 Å². The highest BCUT2D eigenvalue weighted by molar-refractivity contribution is 5.96. The summed E-state index contributed by atoms with van der Waals surface area (Å²) in [5.41, 5.74) is 1.59. The molecule has 0 bridgehead atoms. The molecular formula is C15H22N2O3. The van der Waals surface area contributed by atoms with Gasteiger partial charge in [-0.3, -0.25) is 4.79 Å². The highest BCUT2D eigenvalue weighted by atomic mass is 16.5. The minimum atomic E-state index is 0.0622. The number of hydrogen-bond acceptors (Lipinski definition) is 4. The minimum Gasteiger partial charge on any atom is -0.493 e. The van der Waals surface area contributed by atoms with Crippen molar-refractivity contribution >= 4 is 5.91 Å². The van der Waals surface area contributed by atoms with Crippen molar-refractivity contribution in [2.45, 2.75) is 13.3 Å². The summed E-state index contributed by atoms with van der Waals surface area (Å²) in [6.45, 7) is 5.27. The van der Waals surface area contributed by atoms with E-state index in [1.165, 1.54) is 0 Å². The molecule has 0 aliphatic carbocycles. The van der Waals surface area contributed by atoms with Gasteiger partial charge in [-0.1, -0.05) is 0 Å². The van der Waals surface area contributed by atoms with Gasteiger partial charge in [-0.2, -0.15) is 0 Å². The number of rotatable bonds is 3. The molecular weight excluding hydrogens is 256 g/mol. The molecule has 0 unspecified atom stereocenters. The van der Waals surface area contributed by atoms with Crippen molar-refractivity contribution in [3.05, 3.63) is 23.3 Å². The minimum absolute atomic E-state index is 0.0622. The molecule has 20 heavy (non-hydrogen) atoms. The van der Waals surface area contributed by atoms with Crippen molar-refractivity contribution in [1.29, 1.82) is 0 Å². The Morgan fingerprint density at radius 2 is 1.85 bits per heavy atom. The topological polar surface area (TPSA) is 50.8 Å². The maximum absolute atomic E-state index is 12.6. The van der Waals surface area contributed by atoms with E-state index in [0.29, 0.717) is 17.1 Å². The number of amides is 1. The molecule has 0 spiro atoms. The van der Waals surface area contributed by atoms with Gasteiger partial charge in [-0.25, -0.2) is 0 Å². The summed E-state index contributed by atoms with van der Waals surface area (Å²) in [5.74, 6) is 1.31. The van der Waals surface area contributed by atoms with E-state index in [2.05, 4.69) is 5.32 Å². The van der Waals surface area contributed by atoms with Crippen molar-refractivity contribution in [2.24, 2.45) is 0 Å². The summed E-state index contributed by atoms with van der Waals surface area (Å²) in [6, 6.07) is 3.62. The lowest BCUT2D eigenvalue weighted by Gasteiger charge is -2.22. The van der Waals surface area contributed by atoms with E-state index in [9.17, 15) is 4.79 Å². The fourth-order valence-corrected chi connectivity index (χ4v) is 2.43. The van der Waals surface area contributed by atoms with Crippen LogP contribution < -0.4 is 14.8 Å². The van der Waals surface area contributed by atoms with Crippen molar-refractivity contribution in [1.82, 2.24) is 10.2 Å². The van der Waals surface area contributed by atoms with E-state index >= 15 is 0 Å². The molecule has 5 nitrogen and oxygen atoms in total. The second-order valence-corrected chi connectivity index (χ2v) is 4.92. The van der Waals surface area contributed by atoms with Crippen molar-refractivity contribution in [3.63, 3.8) is 0 Å². The molecule has 5 heteroatoms. The second kappa shape index (κ2) is 6.61. The first kappa shape index (κ1) is 14.7. The van der Waals surface area contributed by atoms with Gasteiger partial charge in [0.25, 0.3) is 5.91 Å². The normalized spacial score (nSPS) is 15.7. The number of carbonyl (C=O) groups is 1. The summed E-state index contributed by atoms with van der Waals surface area (Å²) in [5, 5.41) is 3.30. The first-order valence-corrected chi connectivity index (χ1v) is 6.90. The molecule has 1 aliphatic heterocycles. The van der Waals surface area contributed by atoms with E-state index in [-0.39, 0.29) is 5.91 Å². The summed E-state index contributed by atoms with van der Waals surface area (Å²) in [7, 11) is 3.18. The number of hydrogen-bond donors (Lipinski definition) is 1. The molecule has 1 aromatic carbocycles. The lowest BCUT2D eigenvalue weighted by Crippen LogP contribution is -2.34. The highest BCUT2D eigenvalue weighted by Gasteiger charge is 2.20. The number of nitrogens with one attached hydrogen (secondary N) is 1. The smallest absolute Gasteiger partial charge is 0.254 e. The van der Waals surface area contributed by atoms with Crippen LogP contribution in [-0.2, 0) is 0 Å². The molecule has 2 rings (SSSR count). The van der Waals surface area contributed by atoms with Crippen LogP contribution in [0, 0.1) is 6.92 Å². The standard InChI is InChI=1S/C15H22N2O3/c1-11-9-13(19-2)14(20-3)10-12(11)15(18)17-7-4-5-16-6-8-17/h9-10,16H,4-8H2,1-3H3. The Balaban J connectivity index is 2.28. The zero-order valence-electron chi connectivity index (χ0n) is 12.4. The Kier molecular flexibility index (Phi) is 4.84. The van der Waals surface area contributed by atoms with Gasteiger partial charge in [0, 0.05) is 25.2 Å². The highest BCUT2D eigenvalue weighted by Crippen LogP contribution is 2.30. The molecule has 1 amide bonds. The molecule has 0 radical (unpaired) electrons. The third-order valence-electron chi connectivity index (χ3n) is 3.59. The van der Waals surface area contributed by atoms with Gasteiger partial charge in [0.15, 0.2) is 11.5 Å². The first-order chi connectivity index (χ1) is 9.67. The molecule has 1 fully saturated rings. The lowest BCUT2D eigenvalue weighted by atomic mass is 10.1. The third-order valence-corrected chi connectivity index (χ3v) is 3.59. The van der Waals surface area contributed by atoms with Crippen molar-refractivity contribution < 1.29 is 14.3 Å². The van der Waals surface area contributed by atoms with E-state index in [0.717, 1.165) is 38.2 Å². The van der Waals surface area contributed by atoms with E-state index in [1.807, 2.05) is 17.9 Å². The summed E-state index contributed by atoms with van der Waals surface area (Å²) < 4.78 is 10.5. The summed E-state index contributed by atoms with van der Waals surface area (Å²) in [6.07, 6.45) is 0.984. The SMILES string of the molecule is COc1cc(C)c(C(=O)N2CCCNCC2)cc1OC. The number of carbonyl (C=O) groups excluding carboxylic acids is 1. The molecule has 0 atom stereocenters. The molecule has 1 N–H and O–H groups in total. The number of nitrogens with zero attached hydrogens (tertiary/aromatic N) is 1. The van der Waals surface area contributed by atoms with Crippen molar-refractivity contribution in [2.75, 3.05) is 40.4 Å². The average molecular weight is 278 g/mol. The Hall–Kier alpha value is -1.75. The van der Waals surface area contributed by atoms with Crippen LogP contribution in [0.2, 0.25) is 0 Å². The van der Waals surface area contributed by atoms with Crippen molar-refractivity contribution in [3.8, 4) is 11.5 Å². The van der Waals surface area contributed by atoms with E-state index in [1.54, 1.807) is 20.3 Å². The van der Waals surface area contributed by atoms with Crippen LogP contribution in [-0.4, -0.2) is 51.2 Å². The van der Waals surface area contributed by atoms with Crippen LogP contribution in [0.5, 0.6) is 11.5 Å². The Morgan fingerprint density at radius 3 is 2.55 bits per heavy atom. The van der Waals surface area contributed by atoms with Crippen LogP contribution in [0.1, 0.15) is 22.3 Å². The maximum Gasteiger partial charge on any atom is 0.254 e. The fourth-order valence-electron chi connectivity index (χ4n) is 2.43. The number of benzene rings is 1. The van der Waals surface area contributed by atoms with E-state index < -0.39 is 0 Å². The number of methoxy groups -OCH3 is 2. The molecule has 1 aromatic rings. The zero-order chi connectivity index (χ0) is 14.5. The molecule has 1 heterocycles. The Morgan fingerprint density at radius 1 is 1.15 bits per heavy atom. The molecule has 0 saturated carbocycles. The summed E-state index contributed by atoms with van der Waals surface area (Å²) in [4.78, 5) is 14.5. The summed E-state index contributed by atoms with van der Waals surface area (Å²) >= 11 is 0. The maximum atomic E-state index is 12.6. The van der Waals surface area contributed by atoms with Gasteiger partial charge in [0.2, 0.25) is 0 Å². The van der Waals surface area contributed by atoms with Crippen LogP contribution in [0.25, 0.3) is 0 Å². The molecule has 1 saturated heterocycles. The van der Waals surface area contributed by atoms with Crippen LogP contribution in [0.4, 0.5) is 0 Å². The van der Waals surface area contributed by atoms with Gasteiger partial charge in [0.05, 0.1) is 14.2 Å². The first-order valence-electron chi connectivity index (χ1n) is 6.90. The Bertz CT molecular complexity index is 480. The van der Waals surface area contributed by atoms with Gasteiger partial charge in [-0.15, -0.1) is 0 Å². The molecule has 1 aliphatic rings. The van der Waals surface area contributed by atoms with Gasteiger partial charge in [0.1, 0.15) is 0 Å². The van der Waals surface area contributed by atoms with Crippen LogP contribution >= 0.6 is 0 Å². The van der Waals surface area contributed by atoms with Crippen LogP contribution in [0.15, 0.2) is 12.1 Å². The lowest BCUT2D eigenvalue weighted by molar-refractivity contribution is 0.0765. The average Bonchev–Trinajstić information content (AvgIpc) is 2.75. The molecule has 110 valence electrons. The predicted octanol–water partition coefficient (Wildman–Crippen LogP) is 1.45. The fraction of sp³-hybridized carbons (Fsp3) is 0.533. The Labute approximate surface area is 119 Å². The predicted molar refractivity (Wildman–Crippen MR) is 77.7 cm³/mol. The molecule has 0 aromatic heterocycles. The number of ether oxygens (including phenoxy) is 2. The number of aryl methyl sites for hydroxylation is 1. The van der Waals surface area contributed by atoms with E-state index in [4.69, 9.17) is 9.47 Å². The second-order valence-electron chi connectivity index (χ2n) is 4.92. The third kappa shape index (κ3) is 3.04. The van der Waals surface area contributed by atoms with Crippen LogP contribution in [0.3, 0.4) is 0 Å². The zero-order valence-corrected chi connectivity index (χ0v) is 12.4. The van der Waals surface area contributed by atoms with Gasteiger partial charge >= 0.3 is 0 Å².